The van der Waals surface area contributed by atoms with Crippen LogP contribution in [0.15, 0.2) is 0 Å². The Morgan fingerprint density at radius 2 is 2.07 bits per heavy atom. The normalized spacial score (nSPS) is 54.8. The molecule has 15 heavy (non-hydrogen) atoms. The van der Waals surface area contributed by atoms with Crippen molar-refractivity contribution in [1.82, 2.24) is 5.32 Å². The molecule has 1 aliphatic heterocycles. The van der Waals surface area contributed by atoms with Crippen LogP contribution in [0.1, 0.15) is 45.4 Å². The summed E-state index contributed by atoms with van der Waals surface area (Å²) in [6.45, 7) is 3.43. The van der Waals surface area contributed by atoms with Gasteiger partial charge in [-0.15, -0.1) is 0 Å². The third-order valence-corrected chi connectivity index (χ3v) is 5.13. The molecular formula is C13H23NO. The SMILES string of the molecule is CC1CCNC(C2(O)CC3CCC2C3)C1. The Balaban J connectivity index is 1.75. The topological polar surface area (TPSA) is 32.3 Å². The lowest BCUT2D eigenvalue weighted by Crippen LogP contribution is -2.56. The van der Waals surface area contributed by atoms with Crippen LogP contribution in [0.4, 0.5) is 0 Å². The van der Waals surface area contributed by atoms with E-state index in [0.29, 0.717) is 12.0 Å². The number of hydrogen-bond acceptors (Lipinski definition) is 2. The van der Waals surface area contributed by atoms with E-state index >= 15 is 0 Å². The second-order valence-corrected chi connectivity index (χ2v) is 6.21. The Morgan fingerprint density at radius 1 is 1.20 bits per heavy atom. The van der Waals surface area contributed by atoms with Crippen LogP contribution in [0.3, 0.4) is 0 Å². The first kappa shape index (κ1) is 10.1. The molecule has 86 valence electrons. The van der Waals surface area contributed by atoms with E-state index < -0.39 is 0 Å². The number of fused-ring (bicyclic) bond motifs is 2. The van der Waals surface area contributed by atoms with Crippen molar-refractivity contribution in [2.24, 2.45) is 17.8 Å². The highest BCUT2D eigenvalue weighted by molar-refractivity contribution is 5.08. The zero-order valence-electron chi connectivity index (χ0n) is 9.71. The molecule has 2 N–H and O–H groups in total. The molecule has 0 aromatic heterocycles. The molecule has 5 atom stereocenters. The van der Waals surface area contributed by atoms with Crippen LogP contribution in [0.5, 0.6) is 0 Å². The van der Waals surface area contributed by atoms with E-state index in [9.17, 15) is 5.11 Å². The molecule has 3 rings (SSSR count). The zero-order valence-corrected chi connectivity index (χ0v) is 9.71. The third-order valence-electron chi connectivity index (χ3n) is 5.13. The van der Waals surface area contributed by atoms with E-state index in [2.05, 4.69) is 12.2 Å². The molecule has 0 spiro atoms. The standard InChI is InChI=1S/C13H23NO/c1-9-4-5-14-12(6-9)13(15)8-10-2-3-11(13)7-10/h9-12,14-15H,2-8H2,1H3. The predicted molar refractivity (Wildman–Crippen MR) is 60.6 cm³/mol. The number of hydrogen-bond donors (Lipinski definition) is 2. The first-order valence-corrected chi connectivity index (χ1v) is 6.64. The van der Waals surface area contributed by atoms with Crippen molar-refractivity contribution in [1.29, 1.82) is 0 Å². The van der Waals surface area contributed by atoms with Crippen LogP contribution >= 0.6 is 0 Å². The molecule has 5 unspecified atom stereocenters. The minimum Gasteiger partial charge on any atom is -0.388 e. The van der Waals surface area contributed by atoms with Crippen LogP contribution in [0.2, 0.25) is 0 Å². The van der Waals surface area contributed by atoms with Gasteiger partial charge in [-0.3, -0.25) is 0 Å². The maximum absolute atomic E-state index is 10.9. The molecule has 0 radical (unpaired) electrons. The molecule has 2 bridgehead atoms. The summed E-state index contributed by atoms with van der Waals surface area (Å²) in [6, 6.07) is 0.386. The van der Waals surface area contributed by atoms with E-state index in [1.54, 1.807) is 0 Å². The van der Waals surface area contributed by atoms with Gasteiger partial charge >= 0.3 is 0 Å². The van der Waals surface area contributed by atoms with Gasteiger partial charge in [0.1, 0.15) is 0 Å². The van der Waals surface area contributed by atoms with Crippen molar-refractivity contribution in [2.45, 2.75) is 57.1 Å². The molecule has 2 nitrogen and oxygen atoms in total. The van der Waals surface area contributed by atoms with Crippen molar-refractivity contribution in [2.75, 3.05) is 6.54 Å². The molecule has 2 saturated carbocycles. The Kier molecular flexibility index (Phi) is 2.33. The largest absolute Gasteiger partial charge is 0.388 e. The van der Waals surface area contributed by atoms with Crippen LogP contribution < -0.4 is 5.32 Å². The molecule has 1 heterocycles. The predicted octanol–water partition coefficient (Wildman–Crippen LogP) is 1.93. The minimum atomic E-state index is -0.350. The number of piperidine rings is 1. The molecule has 2 aliphatic carbocycles. The summed E-state index contributed by atoms with van der Waals surface area (Å²) in [7, 11) is 0. The van der Waals surface area contributed by atoms with Crippen LogP contribution in [-0.4, -0.2) is 23.3 Å². The van der Waals surface area contributed by atoms with Crippen LogP contribution in [-0.2, 0) is 0 Å². The van der Waals surface area contributed by atoms with Crippen LogP contribution in [0.25, 0.3) is 0 Å². The van der Waals surface area contributed by atoms with Gasteiger partial charge in [0.15, 0.2) is 0 Å². The van der Waals surface area contributed by atoms with E-state index in [-0.39, 0.29) is 5.60 Å². The molecule has 3 aliphatic rings. The van der Waals surface area contributed by atoms with Crippen LogP contribution in [0, 0.1) is 17.8 Å². The highest BCUT2D eigenvalue weighted by Crippen LogP contribution is 2.53. The summed E-state index contributed by atoms with van der Waals surface area (Å²) < 4.78 is 0. The molecule has 1 saturated heterocycles. The maximum atomic E-state index is 10.9. The van der Waals surface area contributed by atoms with Crippen molar-refractivity contribution in [3.63, 3.8) is 0 Å². The summed E-state index contributed by atoms with van der Waals surface area (Å²) in [6.07, 6.45) is 7.47. The number of nitrogens with one attached hydrogen (secondary N) is 1. The fourth-order valence-electron chi connectivity index (χ4n) is 4.26. The van der Waals surface area contributed by atoms with E-state index in [0.717, 1.165) is 24.8 Å². The van der Waals surface area contributed by atoms with Gasteiger partial charge in [-0.2, -0.15) is 0 Å². The first-order valence-electron chi connectivity index (χ1n) is 6.64. The Morgan fingerprint density at radius 3 is 2.67 bits per heavy atom. The van der Waals surface area contributed by atoms with Gasteiger partial charge in [0.05, 0.1) is 5.60 Å². The Hall–Kier alpha value is -0.0800. The Labute approximate surface area is 92.4 Å². The quantitative estimate of drug-likeness (QED) is 0.691. The van der Waals surface area contributed by atoms with Gasteiger partial charge in [-0.25, -0.2) is 0 Å². The van der Waals surface area contributed by atoms with E-state index in [1.807, 2.05) is 0 Å². The van der Waals surface area contributed by atoms with Gasteiger partial charge in [-0.05, 0) is 62.8 Å². The van der Waals surface area contributed by atoms with E-state index in [4.69, 9.17) is 0 Å². The maximum Gasteiger partial charge on any atom is 0.0830 e. The molecule has 3 fully saturated rings. The lowest BCUT2D eigenvalue weighted by atomic mass is 9.74. The Bertz CT molecular complexity index is 255. The summed E-state index contributed by atoms with van der Waals surface area (Å²) in [5, 5.41) is 14.4. The van der Waals surface area contributed by atoms with Crippen molar-refractivity contribution in [3.8, 4) is 0 Å². The van der Waals surface area contributed by atoms with Gasteiger partial charge in [0, 0.05) is 6.04 Å². The monoisotopic (exact) mass is 209 g/mol. The summed E-state index contributed by atoms with van der Waals surface area (Å²) in [4.78, 5) is 0. The highest BCUT2D eigenvalue weighted by Gasteiger charge is 2.54. The molecular weight excluding hydrogens is 186 g/mol. The fraction of sp³-hybridized carbons (Fsp3) is 1.00. The van der Waals surface area contributed by atoms with Crippen molar-refractivity contribution < 1.29 is 5.11 Å². The second kappa shape index (κ2) is 3.46. The average molecular weight is 209 g/mol. The smallest absolute Gasteiger partial charge is 0.0830 e. The van der Waals surface area contributed by atoms with Gasteiger partial charge < -0.3 is 10.4 Å². The fourth-order valence-corrected chi connectivity index (χ4v) is 4.26. The second-order valence-electron chi connectivity index (χ2n) is 6.21. The number of rotatable bonds is 1. The lowest BCUT2D eigenvalue weighted by molar-refractivity contribution is -0.0575. The van der Waals surface area contributed by atoms with Gasteiger partial charge in [0.2, 0.25) is 0 Å². The lowest BCUT2D eigenvalue weighted by Gasteiger charge is -2.43. The molecule has 0 aromatic rings. The molecule has 0 aromatic carbocycles. The summed E-state index contributed by atoms with van der Waals surface area (Å²) >= 11 is 0. The first-order chi connectivity index (χ1) is 7.18. The highest BCUT2D eigenvalue weighted by atomic mass is 16.3. The van der Waals surface area contributed by atoms with Gasteiger partial charge in [-0.1, -0.05) is 6.92 Å². The summed E-state index contributed by atoms with van der Waals surface area (Å²) in [5.74, 6) is 2.23. The van der Waals surface area contributed by atoms with Crippen molar-refractivity contribution >= 4 is 0 Å². The van der Waals surface area contributed by atoms with Gasteiger partial charge in [0.25, 0.3) is 0 Å². The molecule has 0 amide bonds. The molecule has 2 heteroatoms. The zero-order chi connectivity index (χ0) is 10.5. The third kappa shape index (κ3) is 1.53. The van der Waals surface area contributed by atoms with E-state index in [1.165, 1.54) is 32.1 Å². The minimum absolute atomic E-state index is 0.350. The number of aliphatic hydroxyl groups is 1. The van der Waals surface area contributed by atoms with Crippen molar-refractivity contribution in [3.05, 3.63) is 0 Å². The average Bonchev–Trinajstić information content (AvgIpc) is 2.78. The summed E-state index contributed by atoms with van der Waals surface area (Å²) in [5.41, 5.74) is -0.350.